The fourth-order valence-electron chi connectivity index (χ4n) is 1.45. The third kappa shape index (κ3) is 2.51. The predicted octanol–water partition coefficient (Wildman–Crippen LogP) is 2.69. The van der Waals surface area contributed by atoms with E-state index in [1.165, 1.54) is 26.4 Å². The van der Waals surface area contributed by atoms with Crippen molar-refractivity contribution in [2.24, 2.45) is 0 Å². The van der Waals surface area contributed by atoms with Crippen LogP contribution in [0.15, 0.2) is 18.2 Å². The smallest absolute Gasteiger partial charge is 0.194 e. The van der Waals surface area contributed by atoms with E-state index in [9.17, 15) is 4.39 Å². The minimum Gasteiger partial charge on any atom is -0.493 e. The quantitative estimate of drug-likeness (QED) is 0.725. The van der Waals surface area contributed by atoms with E-state index in [0.29, 0.717) is 17.9 Å². The molecule has 0 heterocycles. The summed E-state index contributed by atoms with van der Waals surface area (Å²) in [6.45, 7) is 4.05. The van der Waals surface area contributed by atoms with Crippen LogP contribution in [0.4, 0.5) is 4.39 Å². The first-order valence-corrected chi connectivity index (χ1v) is 5.10. The van der Waals surface area contributed by atoms with E-state index in [-0.39, 0.29) is 5.82 Å². The highest BCUT2D eigenvalue weighted by atomic mass is 19.1. The molecule has 0 N–H and O–H groups in total. The number of halogens is 1. The van der Waals surface area contributed by atoms with Crippen molar-refractivity contribution in [2.45, 2.75) is 19.6 Å². The van der Waals surface area contributed by atoms with Crippen LogP contribution in [0.2, 0.25) is 0 Å². The molecule has 0 bridgehead atoms. The molecule has 0 aliphatic rings. The van der Waals surface area contributed by atoms with Crippen LogP contribution in [0, 0.1) is 5.82 Å². The van der Waals surface area contributed by atoms with Crippen LogP contribution in [-0.4, -0.2) is 20.8 Å². The van der Waals surface area contributed by atoms with Gasteiger partial charge in [0.25, 0.3) is 0 Å². The lowest BCUT2D eigenvalue weighted by molar-refractivity contribution is -0.202. The van der Waals surface area contributed by atoms with E-state index in [0.717, 1.165) is 0 Å². The Morgan fingerprint density at radius 2 is 1.88 bits per heavy atom. The summed E-state index contributed by atoms with van der Waals surface area (Å²) in [5, 5.41) is 0. The molecule has 0 radical (unpaired) electrons. The normalized spacial score (nSPS) is 11.6. The molecule has 0 aliphatic heterocycles. The number of hydrogen-bond acceptors (Lipinski definition) is 3. The molecule has 1 rings (SSSR count). The molecule has 1 aromatic rings. The van der Waals surface area contributed by atoms with Gasteiger partial charge < -0.3 is 14.2 Å². The Balaban J connectivity index is 3.20. The van der Waals surface area contributed by atoms with Gasteiger partial charge >= 0.3 is 0 Å². The van der Waals surface area contributed by atoms with Gasteiger partial charge in [-0.1, -0.05) is 0 Å². The minimum atomic E-state index is -0.932. The Labute approximate surface area is 95.1 Å². The summed E-state index contributed by atoms with van der Waals surface area (Å²) in [4.78, 5) is 0. The van der Waals surface area contributed by atoms with Crippen molar-refractivity contribution in [3.8, 4) is 5.75 Å². The largest absolute Gasteiger partial charge is 0.493 e. The van der Waals surface area contributed by atoms with Crippen molar-refractivity contribution in [1.29, 1.82) is 0 Å². The van der Waals surface area contributed by atoms with Crippen molar-refractivity contribution < 1.29 is 18.6 Å². The zero-order valence-electron chi connectivity index (χ0n) is 10.0. The standard InChI is InChI=1S/C12H17FO3/c1-5-16-11-8-9(13)6-7-10(11)12(2,14-3)15-4/h6-8H,5H2,1-4H3. The average molecular weight is 228 g/mol. The second-order valence-electron chi connectivity index (χ2n) is 3.43. The lowest BCUT2D eigenvalue weighted by Gasteiger charge is -2.28. The van der Waals surface area contributed by atoms with Crippen molar-refractivity contribution in [2.75, 3.05) is 20.8 Å². The third-order valence-corrected chi connectivity index (χ3v) is 2.51. The summed E-state index contributed by atoms with van der Waals surface area (Å²) in [6, 6.07) is 4.29. The van der Waals surface area contributed by atoms with Gasteiger partial charge in [-0.25, -0.2) is 4.39 Å². The van der Waals surface area contributed by atoms with Gasteiger partial charge in [-0.3, -0.25) is 0 Å². The number of ether oxygens (including phenoxy) is 3. The zero-order valence-corrected chi connectivity index (χ0v) is 10.0. The SMILES string of the molecule is CCOc1cc(F)ccc1C(C)(OC)OC. The lowest BCUT2D eigenvalue weighted by atomic mass is 10.1. The molecule has 0 atom stereocenters. The first kappa shape index (κ1) is 12.9. The summed E-state index contributed by atoms with van der Waals surface area (Å²) in [5.41, 5.74) is 0.667. The number of benzene rings is 1. The van der Waals surface area contributed by atoms with Gasteiger partial charge in [0, 0.05) is 20.3 Å². The third-order valence-electron chi connectivity index (χ3n) is 2.51. The van der Waals surface area contributed by atoms with Crippen LogP contribution < -0.4 is 4.74 Å². The molecule has 0 aliphatic carbocycles. The fraction of sp³-hybridized carbons (Fsp3) is 0.500. The number of hydrogen-bond donors (Lipinski definition) is 0. The topological polar surface area (TPSA) is 27.7 Å². The Kier molecular flexibility index (Phi) is 4.26. The summed E-state index contributed by atoms with van der Waals surface area (Å²) < 4.78 is 29.0. The molecule has 1 aromatic carbocycles. The van der Waals surface area contributed by atoms with Crippen LogP contribution >= 0.6 is 0 Å². The second-order valence-corrected chi connectivity index (χ2v) is 3.43. The number of rotatable bonds is 5. The zero-order chi connectivity index (χ0) is 12.2. The Bertz CT molecular complexity index is 348. The minimum absolute atomic E-state index is 0.346. The molecular formula is C12H17FO3. The monoisotopic (exact) mass is 228 g/mol. The molecule has 0 spiro atoms. The van der Waals surface area contributed by atoms with Crippen molar-refractivity contribution in [3.63, 3.8) is 0 Å². The van der Waals surface area contributed by atoms with Gasteiger partial charge in [-0.05, 0) is 26.0 Å². The van der Waals surface area contributed by atoms with E-state index in [4.69, 9.17) is 14.2 Å². The van der Waals surface area contributed by atoms with Crippen LogP contribution in [-0.2, 0) is 15.3 Å². The first-order valence-electron chi connectivity index (χ1n) is 5.10. The fourth-order valence-corrected chi connectivity index (χ4v) is 1.45. The Morgan fingerprint density at radius 1 is 1.25 bits per heavy atom. The maximum atomic E-state index is 13.1. The van der Waals surface area contributed by atoms with E-state index >= 15 is 0 Å². The highest BCUT2D eigenvalue weighted by Crippen LogP contribution is 2.33. The maximum Gasteiger partial charge on any atom is 0.194 e. The van der Waals surface area contributed by atoms with Crippen molar-refractivity contribution >= 4 is 0 Å². The summed E-state index contributed by atoms with van der Waals surface area (Å²) in [7, 11) is 3.06. The molecule has 0 saturated carbocycles. The molecule has 16 heavy (non-hydrogen) atoms. The second kappa shape index (κ2) is 5.27. The van der Waals surface area contributed by atoms with E-state index < -0.39 is 5.79 Å². The van der Waals surface area contributed by atoms with Gasteiger partial charge in [-0.15, -0.1) is 0 Å². The predicted molar refractivity (Wildman–Crippen MR) is 58.9 cm³/mol. The van der Waals surface area contributed by atoms with Crippen LogP contribution in [0.5, 0.6) is 5.75 Å². The van der Waals surface area contributed by atoms with Crippen molar-refractivity contribution in [1.82, 2.24) is 0 Å². The van der Waals surface area contributed by atoms with E-state index in [2.05, 4.69) is 0 Å². The molecular weight excluding hydrogens is 211 g/mol. The van der Waals surface area contributed by atoms with Crippen molar-refractivity contribution in [3.05, 3.63) is 29.6 Å². The molecule has 0 unspecified atom stereocenters. The molecule has 0 amide bonds. The summed E-state index contributed by atoms with van der Waals surface area (Å²) >= 11 is 0. The summed E-state index contributed by atoms with van der Waals surface area (Å²) in [6.07, 6.45) is 0. The molecule has 0 aromatic heterocycles. The van der Waals surface area contributed by atoms with Crippen LogP contribution in [0.25, 0.3) is 0 Å². The molecule has 3 nitrogen and oxygen atoms in total. The van der Waals surface area contributed by atoms with E-state index in [1.54, 1.807) is 13.0 Å². The van der Waals surface area contributed by atoms with E-state index in [1.807, 2.05) is 6.92 Å². The van der Waals surface area contributed by atoms with Crippen LogP contribution in [0.3, 0.4) is 0 Å². The summed E-state index contributed by atoms with van der Waals surface area (Å²) in [5.74, 6) is -0.839. The maximum absolute atomic E-state index is 13.1. The lowest BCUT2D eigenvalue weighted by Crippen LogP contribution is -2.27. The van der Waals surface area contributed by atoms with Gasteiger partial charge in [-0.2, -0.15) is 0 Å². The average Bonchev–Trinajstić information content (AvgIpc) is 2.29. The highest BCUT2D eigenvalue weighted by Gasteiger charge is 2.29. The van der Waals surface area contributed by atoms with Gasteiger partial charge in [0.2, 0.25) is 0 Å². The van der Waals surface area contributed by atoms with Gasteiger partial charge in [0.1, 0.15) is 11.6 Å². The molecule has 90 valence electrons. The van der Waals surface area contributed by atoms with Gasteiger partial charge in [0.05, 0.1) is 12.2 Å². The van der Waals surface area contributed by atoms with Crippen LogP contribution in [0.1, 0.15) is 19.4 Å². The number of methoxy groups -OCH3 is 2. The molecule has 0 fully saturated rings. The first-order chi connectivity index (χ1) is 7.57. The molecule has 4 heteroatoms. The molecule has 0 saturated heterocycles. The Morgan fingerprint density at radius 3 is 2.38 bits per heavy atom. The Hall–Kier alpha value is -1.13. The van der Waals surface area contributed by atoms with Gasteiger partial charge in [0.15, 0.2) is 5.79 Å². The highest BCUT2D eigenvalue weighted by molar-refractivity contribution is 5.37.